The van der Waals surface area contributed by atoms with Crippen molar-refractivity contribution in [3.8, 4) is 22.8 Å². The maximum Gasteiger partial charge on any atom is 0.268 e. The van der Waals surface area contributed by atoms with Crippen LogP contribution in [0.3, 0.4) is 0 Å². The Morgan fingerprint density at radius 2 is 1.84 bits per heavy atom. The van der Waals surface area contributed by atoms with Crippen LogP contribution in [0.5, 0.6) is 11.5 Å². The van der Waals surface area contributed by atoms with Crippen LogP contribution < -0.4 is 15.6 Å². The Labute approximate surface area is 220 Å². The summed E-state index contributed by atoms with van der Waals surface area (Å²) in [7, 11) is -4.04. The number of phenols is 1. The molecule has 1 aliphatic carbocycles. The first kappa shape index (κ1) is 24.6. The fourth-order valence-electron chi connectivity index (χ4n) is 5.09. The Balaban J connectivity index is 1.55. The zero-order valence-electron chi connectivity index (χ0n) is 20.8. The molecule has 3 heterocycles. The van der Waals surface area contributed by atoms with E-state index in [-0.39, 0.29) is 27.1 Å². The van der Waals surface area contributed by atoms with Gasteiger partial charge < -0.3 is 20.1 Å². The number of aromatic amines is 1. The Kier molecular flexibility index (Phi) is 6.41. The number of fused-ring (bicyclic) bond motifs is 1. The summed E-state index contributed by atoms with van der Waals surface area (Å²) in [6.45, 7) is 2.20. The van der Waals surface area contributed by atoms with Gasteiger partial charge in [-0.1, -0.05) is 24.3 Å². The molecule has 1 saturated heterocycles. The number of benzene rings is 2. The zero-order valence-corrected chi connectivity index (χ0v) is 21.6. The van der Waals surface area contributed by atoms with Crippen molar-refractivity contribution in [3.05, 3.63) is 76.6 Å². The summed E-state index contributed by atoms with van der Waals surface area (Å²) < 4.78 is 32.9. The van der Waals surface area contributed by atoms with Crippen LogP contribution in [0.1, 0.15) is 37.2 Å². The van der Waals surface area contributed by atoms with Crippen molar-refractivity contribution in [1.82, 2.24) is 15.3 Å². The predicted octanol–water partition coefficient (Wildman–Crippen LogP) is 4.38. The third-order valence-electron chi connectivity index (χ3n) is 7.33. The number of hydrogen-bond donors (Lipinski definition) is 3. The molecule has 8 nitrogen and oxygen atoms in total. The normalized spacial score (nSPS) is 17.9. The summed E-state index contributed by atoms with van der Waals surface area (Å²) >= 11 is 0. The number of phenolic OH excluding ortho intramolecular Hbond substituents is 1. The molecule has 2 aromatic carbocycles. The van der Waals surface area contributed by atoms with Gasteiger partial charge in [-0.25, -0.2) is 13.4 Å². The highest BCUT2D eigenvalue weighted by Gasteiger charge is 2.27. The number of hydrogen-bond acceptors (Lipinski definition) is 7. The summed E-state index contributed by atoms with van der Waals surface area (Å²) in [4.78, 5) is 20.3. The second kappa shape index (κ2) is 9.89. The number of pyridine rings is 2. The van der Waals surface area contributed by atoms with Crippen molar-refractivity contribution < 1.29 is 18.3 Å². The largest absolute Gasteiger partial charge is 0.507 e. The molecule has 1 aliphatic heterocycles. The Bertz CT molecular complexity index is 1660. The van der Waals surface area contributed by atoms with Gasteiger partial charge in [-0.05, 0) is 86.0 Å². The Morgan fingerprint density at radius 3 is 2.58 bits per heavy atom. The molecule has 196 valence electrons. The third kappa shape index (κ3) is 4.68. The zero-order chi connectivity index (χ0) is 26.3. The van der Waals surface area contributed by atoms with E-state index < -0.39 is 15.4 Å². The van der Waals surface area contributed by atoms with Crippen LogP contribution in [0.2, 0.25) is 0 Å². The van der Waals surface area contributed by atoms with Crippen LogP contribution in [0.15, 0.2) is 75.2 Å². The second-order valence-electron chi connectivity index (χ2n) is 10.1. The van der Waals surface area contributed by atoms with Gasteiger partial charge >= 0.3 is 0 Å². The van der Waals surface area contributed by atoms with Gasteiger partial charge in [0.25, 0.3) is 5.56 Å². The topological polar surface area (TPSA) is 121 Å². The first-order chi connectivity index (χ1) is 18.4. The van der Waals surface area contributed by atoms with Crippen molar-refractivity contribution in [2.75, 3.05) is 19.7 Å². The lowest BCUT2D eigenvalue weighted by molar-refractivity contribution is 0.299. The maximum atomic E-state index is 13.4. The molecule has 0 amide bonds. The highest BCUT2D eigenvalue weighted by atomic mass is 32.2. The van der Waals surface area contributed by atoms with E-state index in [1.54, 1.807) is 30.3 Å². The Hall–Kier alpha value is -3.69. The number of aromatic nitrogens is 2. The van der Waals surface area contributed by atoms with Crippen molar-refractivity contribution in [2.24, 2.45) is 5.92 Å². The molecule has 1 atom stereocenters. The highest BCUT2D eigenvalue weighted by molar-refractivity contribution is 7.91. The second-order valence-corrected chi connectivity index (χ2v) is 12.0. The standard InChI is InChI=1S/C29H29N3O5S/c33-24-9-4-10-25(37-17-18-11-12-18)27(24)23-14-21(19-6-5-13-30-16-19)22-15-26(29(34)32-28(22)31-23)38(35,36)20-7-2-1-3-8-20/h1-4,7-10,14-15,18-19,30,33H,5-6,11-13,16-17H2,(H,31,32,34). The van der Waals surface area contributed by atoms with E-state index in [4.69, 9.17) is 9.72 Å². The molecule has 2 aliphatic rings. The third-order valence-corrected chi connectivity index (χ3v) is 9.11. The van der Waals surface area contributed by atoms with Crippen LogP contribution >= 0.6 is 0 Å². The Morgan fingerprint density at radius 1 is 1.03 bits per heavy atom. The number of aromatic hydroxyl groups is 1. The minimum absolute atomic E-state index is 0.0310. The molecule has 1 saturated carbocycles. The molecule has 6 rings (SSSR count). The van der Waals surface area contributed by atoms with Crippen LogP contribution in [-0.4, -0.2) is 43.2 Å². The number of H-pyrrole nitrogens is 1. The molecule has 38 heavy (non-hydrogen) atoms. The van der Waals surface area contributed by atoms with Crippen LogP contribution in [0, 0.1) is 5.92 Å². The van der Waals surface area contributed by atoms with E-state index >= 15 is 0 Å². The first-order valence-corrected chi connectivity index (χ1v) is 14.4. The molecular formula is C29H29N3O5S. The molecule has 4 aromatic rings. The average molecular weight is 532 g/mol. The monoisotopic (exact) mass is 531 g/mol. The van der Waals surface area contributed by atoms with Crippen molar-refractivity contribution >= 4 is 20.9 Å². The first-order valence-electron chi connectivity index (χ1n) is 13.0. The summed E-state index contributed by atoms with van der Waals surface area (Å²) in [5.41, 5.74) is 1.34. The minimum atomic E-state index is -4.04. The number of nitrogens with one attached hydrogen (secondary N) is 2. The van der Waals surface area contributed by atoms with Gasteiger partial charge in [0.2, 0.25) is 9.84 Å². The summed E-state index contributed by atoms with van der Waals surface area (Å²) in [5, 5.41) is 14.8. The molecule has 2 fully saturated rings. The van der Waals surface area contributed by atoms with E-state index in [0.29, 0.717) is 41.5 Å². The lowest BCUT2D eigenvalue weighted by Crippen LogP contribution is -2.28. The highest BCUT2D eigenvalue weighted by Crippen LogP contribution is 2.41. The number of nitrogens with zero attached hydrogens (tertiary/aromatic N) is 1. The van der Waals surface area contributed by atoms with Gasteiger partial charge in [-0.15, -0.1) is 0 Å². The van der Waals surface area contributed by atoms with Crippen LogP contribution in [-0.2, 0) is 9.84 Å². The average Bonchev–Trinajstić information content (AvgIpc) is 3.76. The molecule has 0 radical (unpaired) electrons. The van der Waals surface area contributed by atoms with E-state index in [1.807, 2.05) is 12.1 Å². The lowest BCUT2D eigenvalue weighted by atomic mass is 9.89. The molecule has 9 heteroatoms. The van der Waals surface area contributed by atoms with Gasteiger partial charge in [0.15, 0.2) is 0 Å². The number of piperidine rings is 1. The van der Waals surface area contributed by atoms with Gasteiger partial charge in [-0.3, -0.25) is 4.79 Å². The molecule has 0 spiro atoms. The van der Waals surface area contributed by atoms with Gasteiger partial charge in [-0.2, -0.15) is 0 Å². The summed E-state index contributed by atoms with van der Waals surface area (Å²) in [5.74, 6) is 1.17. The minimum Gasteiger partial charge on any atom is -0.507 e. The van der Waals surface area contributed by atoms with Gasteiger partial charge in [0.1, 0.15) is 22.0 Å². The van der Waals surface area contributed by atoms with Crippen molar-refractivity contribution in [1.29, 1.82) is 0 Å². The fourth-order valence-corrected chi connectivity index (χ4v) is 6.42. The maximum absolute atomic E-state index is 13.4. The van der Waals surface area contributed by atoms with E-state index in [2.05, 4.69) is 10.3 Å². The van der Waals surface area contributed by atoms with Crippen molar-refractivity contribution in [2.45, 2.75) is 41.4 Å². The van der Waals surface area contributed by atoms with E-state index in [9.17, 15) is 18.3 Å². The SMILES string of the molecule is O=c1[nH]c2nc(-c3c(O)cccc3OCC3CC3)cc(C3CCCNC3)c2cc1S(=O)(=O)c1ccccc1. The van der Waals surface area contributed by atoms with E-state index in [0.717, 1.165) is 37.8 Å². The van der Waals surface area contributed by atoms with Crippen LogP contribution in [0.4, 0.5) is 0 Å². The van der Waals surface area contributed by atoms with E-state index in [1.165, 1.54) is 18.2 Å². The number of ether oxygens (including phenoxy) is 1. The van der Waals surface area contributed by atoms with Crippen LogP contribution in [0.25, 0.3) is 22.3 Å². The lowest BCUT2D eigenvalue weighted by Gasteiger charge is -2.25. The number of rotatable bonds is 7. The molecule has 0 bridgehead atoms. The number of sulfone groups is 1. The smallest absolute Gasteiger partial charge is 0.268 e. The quantitative estimate of drug-likeness (QED) is 0.323. The fraction of sp³-hybridized carbons (Fsp3) is 0.310. The summed E-state index contributed by atoms with van der Waals surface area (Å²) in [6, 6.07) is 16.4. The van der Waals surface area contributed by atoms with Gasteiger partial charge in [0, 0.05) is 11.9 Å². The van der Waals surface area contributed by atoms with Crippen molar-refractivity contribution in [3.63, 3.8) is 0 Å². The van der Waals surface area contributed by atoms with Gasteiger partial charge in [0.05, 0.1) is 22.8 Å². The molecule has 2 aromatic heterocycles. The predicted molar refractivity (Wildman–Crippen MR) is 144 cm³/mol. The molecular weight excluding hydrogens is 502 g/mol. The molecule has 3 N–H and O–H groups in total. The molecule has 1 unspecified atom stereocenters. The summed E-state index contributed by atoms with van der Waals surface area (Å²) in [6.07, 6.45) is 4.14.